The Labute approximate surface area is 117 Å². The van der Waals surface area contributed by atoms with Crippen LogP contribution in [0.1, 0.15) is 26.3 Å². The first-order valence-corrected chi connectivity index (χ1v) is 6.64. The van der Waals surface area contributed by atoms with Crippen LogP contribution in [0.25, 0.3) is 16.9 Å². The van der Waals surface area contributed by atoms with Gasteiger partial charge < -0.3 is 4.98 Å². The fraction of sp³-hybridized carbons (Fsp3) is 0.250. The van der Waals surface area contributed by atoms with Crippen LogP contribution in [-0.4, -0.2) is 14.6 Å². The summed E-state index contributed by atoms with van der Waals surface area (Å²) in [6.45, 7) is 6.52. The van der Waals surface area contributed by atoms with Gasteiger partial charge in [-0.1, -0.05) is 45.0 Å². The average Bonchev–Trinajstić information content (AvgIpc) is 2.86. The van der Waals surface area contributed by atoms with Gasteiger partial charge in [0.2, 0.25) is 0 Å². The lowest BCUT2D eigenvalue weighted by Crippen LogP contribution is -2.13. The van der Waals surface area contributed by atoms with E-state index in [0.29, 0.717) is 11.3 Å². The van der Waals surface area contributed by atoms with Crippen LogP contribution < -0.4 is 5.56 Å². The van der Waals surface area contributed by atoms with Gasteiger partial charge in [-0.25, -0.2) is 4.52 Å². The molecule has 0 aliphatic heterocycles. The molecule has 0 amide bonds. The highest BCUT2D eigenvalue weighted by Crippen LogP contribution is 2.24. The molecule has 0 unspecified atom stereocenters. The Morgan fingerprint density at radius 2 is 1.80 bits per heavy atom. The van der Waals surface area contributed by atoms with Crippen LogP contribution >= 0.6 is 0 Å². The summed E-state index contributed by atoms with van der Waals surface area (Å²) in [5.74, 6) is 0.583. The Bertz CT molecular complexity index is 804. The second kappa shape index (κ2) is 4.34. The molecule has 0 spiro atoms. The summed E-state index contributed by atoms with van der Waals surface area (Å²) in [5.41, 5.74) is 2.71. The molecule has 0 fully saturated rings. The van der Waals surface area contributed by atoms with E-state index in [2.05, 4.69) is 43.0 Å². The molecule has 3 aromatic rings. The largest absolute Gasteiger partial charge is 0.303 e. The van der Waals surface area contributed by atoms with Crippen molar-refractivity contribution in [3.63, 3.8) is 0 Å². The van der Waals surface area contributed by atoms with E-state index in [-0.39, 0.29) is 11.0 Å². The van der Waals surface area contributed by atoms with Crippen LogP contribution in [0.15, 0.2) is 47.4 Å². The summed E-state index contributed by atoms with van der Waals surface area (Å²) in [6, 6.07) is 11.7. The van der Waals surface area contributed by atoms with Crippen molar-refractivity contribution >= 4 is 5.52 Å². The van der Waals surface area contributed by atoms with Gasteiger partial charge in [0, 0.05) is 11.8 Å². The summed E-state index contributed by atoms with van der Waals surface area (Å²) in [6.07, 6.45) is 1.78. The third-order valence-electron chi connectivity index (χ3n) is 3.42. The molecule has 0 aliphatic rings. The molecule has 0 atom stereocenters. The van der Waals surface area contributed by atoms with Gasteiger partial charge in [0.05, 0.1) is 0 Å². The number of benzene rings is 1. The van der Waals surface area contributed by atoms with Crippen molar-refractivity contribution in [1.29, 1.82) is 0 Å². The minimum Gasteiger partial charge on any atom is -0.303 e. The molecule has 1 N–H and O–H groups in total. The van der Waals surface area contributed by atoms with Gasteiger partial charge in [-0.05, 0) is 23.1 Å². The number of fused-ring (bicyclic) bond motifs is 1. The fourth-order valence-corrected chi connectivity index (χ4v) is 2.20. The second-order valence-electron chi connectivity index (χ2n) is 5.97. The van der Waals surface area contributed by atoms with E-state index in [1.807, 2.05) is 18.2 Å². The number of nitrogens with one attached hydrogen (secondary N) is 1. The van der Waals surface area contributed by atoms with Gasteiger partial charge in [0.15, 0.2) is 5.82 Å². The van der Waals surface area contributed by atoms with Gasteiger partial charge in [-0.3, -0.25) is 4.79 Å². The Kier molecular flexibility index (Phi) is 2.74. The van der Waals surface area contributed by atoms with Gasteiger partial charge in [0.1, 0.15) is 5.52 Å². The van der Waals surface area contributed by atoms with Crippen LogP contribution in [0.4, 0.5) is 0 Å². The van der Waals surface area contributed by atoms with E-state index < -0.39 is 0 Å². The number of nitrogens with zero attached hydrogens (tertiary/aromatic N) is 2. The SMILES string of the molecule is CC(C)(C)c1ccc(-c2nn3cccc3c(=O)[nH]2)cc1. The highest BCUT2D eigenvalue weighted by Gasteiger charge is 2.13. The molecule has 4 nitrogen and oxygen atoms in total. The minimum absolute atomic E-state index is 0.115. The van der Waals surface area contributed by atoms with Crippen molar-refractivity contribution in [2.45, 2.75) is 26.2 Å². The summed E-state index contributed by atoms with van der Waals surface area (Å²) >= 11 is 0. The van der Waals surface area contributed by atoms with Crippen molar-refractivity contribution in [3.05, 3.63) is 58.5 Å². The maximum atomic E-state index is 11.9. The standard InChI is InChI=1S/C16H17N3O/c1-16(2,3)12-8-6-11(7-9-12)14-17-15(20)13-5-4-10-19(13)18-14/h4-10H,1-3H3,(H,17,18,20). The van der Waals surface area contributed by atoms with Crippen LogP contribution in [0, 0.1) is 0 Å². The molecular weight excluding hydrogens is 250 g/mol. The molecule has 2 aromatic heterocycles. The lowest BCUT2D eigenvalue weighted by molar-refractivity contribution is 0.590. The first-order valence-electron chi connectivity index (χ1n) is 6.64. The Hall–Kier alpha value is -2.36. The highest BCUT2D eigenvalue weighted by molar-refractivity contribution is 5.57. The molecule has 2 heterocycles. The zero-order valence-corrected chi connectivity index (χ0v) is 11.8. The number of aromatic nitrogens is 3. The molecule has 20 heavy (non-hydrogen) atoms. The highest BCUT2D eigenvalue weighted by atomic mass is 16.1. The van der Waals surface area contributed by atoms with E-state index in [9.17, 15) is 4.79 Å². The first kappa shape index (κ1) is 12.7. The maximum absolute atomic E-state index is 11.9. The minimum atomic E-state index is -0.125. The Morgan fingerprint density at radius 1 is 1.10 bits per heavy atom. The van der Waals surface area contributed by atoms with Crippen molar-refractivity contribution in [2.75, 3.05) is 0 Å². The number of rotatable bonds is 1. The zero-order chi connectivity index (χ0) is 14.3. The average molecular weight is 267 g/mol. The molecule has 0 saturated heterocycles. The number of hydrogen-bond acceptors (Lipinski definition) is 2. The predicted molar refractivity (Wildman–Crippen MR) is 79.9 cm³/mol. The number of aromatic amines is 1. The lowest BCUT2D eigenvalue weighted by atomic mass is 9.87. The molecular formula is C16H17N3O. The van der Waals surface area contributed by atoms with E-state index in [1.54, 1.807) is 16.8 Å². The number of H-pyrrole nitrogens is 1. The summed E-state index contributed by atoms with van der Waals surface area (Å²) in [4.78, 5) is 14.8. The van der Waals surface area contributed by atoms with Gasteiger partial charge >= 0.3 is 0 Å². The molecule has 102 valence electrons. The Balaban J connectivity index is 2.09. The molecule has 1 aromatic carbocycles. The normalized spacial score (nSPS) is 11.9. The van der Waals surface area contributed by atoms with Crippen molar-refractivity contribution in [3.8, 4) is 11.4 Å². The van der Waals surface area contributed by atoms with Crippen LogP contribution in [0.5, 0.6) is 0 Å². The van der Waals surface area contributed by atoms with Crippen LogP contribution in [0.3, 0.4) is 0 Å². The van der Waals surface area contributed by atoms with E-state index >= 15 is 0 Å². The predicted octanol–water partition coefficient (Wildman–Crippen LogP) is 2.99. The third kappa shape index (κ3) is 2.13. The smallest absolute Gasteiger partial charge is 0.275 e. The molecule has 0 bridgehead atoms. The zero-order valence-electron chi connectivity index (χ0n) is 11.8. The second-order valence-corrected chi connectivity index (χ2v) is 5.97. The van der Waals surface area contributed by atoms with Gasteiger partial charge in [-0.15, -0.1) is 5.10 Å². The molecule has 3 rings (SSSR count). The van der Waals surface area contributed by atoms with E-state index in [4.69, 9.17) is 0 Å². The van der Waals surface area contributed by atoms with Crippen molar-refractivity contribution < 1.29 is 0 Å². The molecule has 0 radical (unpaired) electrons. The van der Waals surface area contributed by atoms with Crippen molar-refractivity contribution in [2.24, 2.45) is 0 Å². The van der Waals surface area contributed by atoms with E-state index in [1.165, 1.54) is 5.56 Å². The van der Waals surface area contributed by atoms with Gasteiger partial charge in [0.25, 0.3) is 5.56 Å². The lowest BCUT2D eigenvalue weighted by Gasteiger charge is -2.19. The Morgan fingerprint density at radius 3 is 2.45 bits per heavy atom. The topological polar surface area (TPSA) is 50.2 Å². The van der Waals surface area contributed by atoms with Crippen molar-refractivity contribution in [1.82, 2.24) is 14.6 Å². The van der Waals surface area contributed by atoms with E-state index in [0.717, 1.165) is 5.56 Å². The van der Waals surface area contributed by atoms with Crippen LogP contribution in [-0.2, 0) is 5.41 Å². The third-order valence-corrected chi connectivity index (χ3v) is 3.42. The summed E-state index contributed by atoms with van der Waals surface area (Å²) < 4.78 is 1.60. The van der Waals surface area contributed by atoms with Gasteiger partial charge in [-0.2, -0.15) is 0 Å². The molecule has 0 saturated carbocycles. The monoisotopic (exact) mass is 267 g/mol. The first-order chi connectivity index (χ1) is 9.45. The summed E-state index contributed by atoms with van der Waals surface area (Å²) in [5, 5.41) is 4.42. The van der Waals surface area contributed by atoms with Crippen LogP contribution in [0.2, 0.25) is 0 Å². The maximum Gasteiger partial charge on any atom is 0.275 e. The molecule has 0 aliphatic carbocycles. The molecule has 4 heteroatoms. The number of hydrogen-bond donors (Lipinski definition) is 1. The fourth-order valence-electron chi connectivity index (χ4n) is 2.20. The summed E-state index contributed by atoms with van der Waals surface area (Å²) in [7, 11) is 0. The quantitative estimate of drug-likeness (QED) is 0.737.